The molecule has 0 bridgehead atoms. The van der Waals surface area contributed by atoms with Crippen molar-refractivity contribution >= 4 is 33.4 Å². The molecule has 1 atom stereocenters. The smallest absolute Gasteiger partial charge is 0.287 e. The lowest BCUT2D eigenvalue weighted by Gasteiger charge is -2.25. The zero-order valence-electron chi connectivity index (χ0n) is 16.0. The molecule has 30 heavy (non-hydrogen) atoms. The van der Waals surface area contributed by atoms with E-state index in [0.717, 1.165) is 31.2 Å². The van der Waals surface area contributed by atoms with Crippen LogP contribution >= 0.6 is 11.6 Å². The fourth-order valence-corrected chi connectivity index (χ4v) is 4.81. The number of nitrogens with zero attached hydrogens (tertiary/aromatic N) is 2. The van der Waals surface area contributed by atoms with Gasteiger partial charge in [-0.1, -0.05) is 24.4 Å². The maximum absolute atomic E-state index is 13.5. The van der Waals surface area contributed by atoms with Crippen LogP contribution in [0.5, 0.6) is 0 Å². The zero-order valence-corrected chi connectivity index (χ0v) is 16.8. The van der Waals surface area contributed by atoms with Gasteiger partial charge in [-0.25, -0.2) is 4.68 Å². The molecule has 0 radical (unpaired) electrons. The summed E-state index contributed by atoms with van der Waals surface area (Å²) in [6.07, 6.45) is 7.39. The van der Waals surface area contributed by atoms with E-state index >= 15 is 0 Å². The Bertz CT molecular complexity index is 1430. The first-order valence-corrected chi connectivity index (χ1v) is 10.3. The molecule has 7 nitrogen and oxygen atoms in total. The molecule has 1 aromatic carbocycles. The maximum atomic E-state index is 13.5. The number of aromatic nitrogens is 4. The van der Waals surface area contributed by atoms with Gasteiger partial charge in [0, 0.05) is 22.8 Å². The van der Waals surface area contributed by atoms with Gasteiger partial charge in [0.2, 0.25) is 5.43 Å². The maximum Gasteiger partial charge on any atom is 0.287 e. The summed E-state index contributed by atoms with van der Waals surface area (Å²) >= 11 is 6.02. The molecule has 2 N–H and O–H groups in total. The molecule has 1 saturated carbocycles. The fourth-order valence-electron chi connectivity index (χ4n) is 4.64. The molecule has 0 amide bonds. The van der Waals surface area contributed by atoms with Gasteiger partial charge in [-0.2, -0.15) is 0 Å². The normalized spacial score (nSPS) is 15.8. The Labute approximate surface area is 175 Å². The Morgan fingerprint density at radius 3 is 2.53 bits per heavy atom. The fraction of sp³-hybridized carbons (Fsp3) is 0.273. The minimum absolute atomic E-state index is 0.0316. The van der Waals surface area contributed by atoms with Crippen LogP contribution in [0.3, 0.4) is 0 Å². The van der Waals surface area contributed by atoms with E-state index in [4.69, 9.17) is 11.6 Å². The van der Waals surface area contributed by atoms with Crippen LogP contribution in [0.2, 0.25) is 5.02 Å². The van der Waals surface area contributed by atoms with Crippen LogP contribution < -0.4 is 16.5 Å². The Kier molecular flexibility index (Phi) is 4.55. The first-order chi connectivity index (χ1) is 14.5. The quantitative estimate of drug-likeness (QED) is 0.494. The van der Waals surface area contributed by atoms with Crippen molar-refractivity contribution in [1.82, 2.24) is 19.7 Å². The van der Waals surface area contributed by atoms with E-state index in [2.05, 4.69) is 15.1 Å². The van der Waals surface area contributed by atoms with Crippen molar-refractivity contribution in [3.63, 3.8) is 0 Å². The second-order valence-corrected chi connectivity index (χ2v) is 8.22. The first-order valence-electron chi connectivity index (χ1n) is 9.94. The van der Waals surface area contributed by atoms with Gasteiger partial charge >= 0.3 is 0 Å². The van der Waals surface area contributed by atoms with Gasteiger partial charge in [0.25, 0.3) is 11.1 Å². The second-order valence-electron chi connectivity index (χ2n) is 7.78. The van der Waals surface area contributed by atoms with E-state index in [0.29, 0.717) is 15.9 Å². The summed E-state index contributed by atoms with van der Waals surface area (Å²) in [6.45, 7) is 0. The van der Waals surface area contributed by atoms with E-state index in [1.165, 1.54) is 4.68 Å². The standard InChI is InChI=1S/C22H19ClN4O3/c23-14-5-6-15-16(11-14)25-18-17(20(15)28)22(30)27(26-21(18)29)19(12-3-1-2-4-12)13-7-9-24-10-8-13/h5-12,19H,1-4H2,(H,25,28)(H,26,29). The number of fused-ring (bicyclic) bond motifs is 2. The van der Waals surface area contributed by atoms with E-state index < -0.39 is 16.5 Å². The molecule has 3 heterocycles. The minimum atomic E-state index is -0.513. The predicted molar refractivity (Wildman–Crippen MR) is 116 cm³/mol. The largest absolute Gasteiger partial charge is 0.350 e. The van der Waals surface area contributed by atoms with Crippen molar-refractivity contribution in [1.29, 1.82) is 0 Å². The van der Waals surface area contributed by atoms with Crippen molar-refractivity contribution in [3.8, 4) is 0 Å². The van der Waals surface area contributed by atoms with Crippen LogP contribution in [0.15, 0.2) is 57.1 Å². The van der Waals surface area contributed by atoms with E-state index in [9.17, 15) is 14.4 Å². The SMILES string of the molecule is O=c1[nH]n(C(c2ccncc2)C2CCCC2)c(=O)c2c(=O)c3ccc(Cl)cc3[nH]c12. The molecule has 5 rings (SSSR count). The predicted octanol–water partition coefficient (Wildman–Crippen LogP) is 3.36. The number of H-pyrrole nitrogens is 2. The number of benzene rings is 1. The number of aromatic amines is 2. The Morgan fingerprint density at radius 1 is 1.07 bits per heavy atom. The summed E-state index contributed by atoms with van der Waals surface area (Å²) in [5, 5.41) is 3.35. The highest BCUT2D eigenvalue weighted by atomic mass is 35.5. The molecule has 0 aliphatic heterocycles. The number of nitrogens with one attached hydrogen (secondary N) is 2. The molecule has 0 saturated heterocycles. The van der Waals surface area contributed by atoms with Crippen molar-refractivity contribution in [3.05, 3.63) is 84.2 Å². The summed E-state index contributed by atoms with van der Waals surface area (Å²) in [5.74, 6) is 0.191. The van der Waals surface area contributed by atoms with Gasteiger partial charge in [0.05, 0.1) is 11.6 Å². The second kappa shape index (κ2) is 7.25. The van der Waals surface area contributed by atoms with Crippen LogP contribution in [0.25, 0.3) is 21.8 Å². The van der Waals surface area contributed by atoms with Crippen LogP contribution in [0.1, 0.15) is 37.3 Å². The van der Waals surface area contributed by atoms with Gasteiger partial charge < -0.3 is 4.98 Å². The van der Waals surface area contributed by atoms with E-state index in [1.807, 2.05) is 12.1 Å². The average molecular weight is 423 g/mol. The van der Waals surface area contributed by atoms with Crippen LogP contribution in [0, 0.1) is 5.92 Å². The van der Waals surface area contributed by atoms with Gasteiger partial charge in [0.1, 0.15) is 10.9 Å². The van der Waals surface area contributed by atoms with Gasteiger partial charge in [-0.15, -0.1) is 0 Å². The molecule has 3 aromatic heterocycles. The number of rotatable bonds is 3. The van der Waals surface area contributed by atoms with Crippen LogP contribution in [0.4, 0.5) is 0 Å². The number of hydrogen-bond donors (Lipinski definition) is 2. The first kappa shape index (κ1) is 18.8. The Morgan fingerprint density at radius 2 is 1.80 bits per heavy atom. The summed E-state index contributed by atoms with van der Waals surface area (Å²) in [5.41, 5.74) is -0.213. The van der Waals surface area contributed by atoms with Crippen molar-refractivity contribution in [2.24, 2.45) is 5.92 Å². The van der Waals surface area contributed by atoms with Crippen molar-refractivity contribution < 1.29 is 0 Å². The molecule has 1 aliphatic carbocycles. The Balaban J connectivity index is 1.84. The monoisotopic (exact) mass is 422 g/mol. The molecule has 1 aliphatic rings. The third-order valence-corrected chi connectivity index (χ3v) is 6.25. The Hall–Kier alpha value is -3.19. The lowest BCUT2D eigenvalue weighted by molar-refractivity contribution is 0.346. The van der Waals surface area contributed by atoms with Gasteiger partial charge in [-0.3, -0.25) is 24.5 Å². The molecule has 8 heteroatoms. The molecule has 152 valence electrons. The summed E-state index contributed by atoms with van der Waals surface area (Å²) in [6, 6.07) is 8.07. The summed E-state index contributed by atoms with van der Waals surface area (Å²) < 4.78 is 1.34. The molecular formula is C22H19ClN4O3. The number of halogens is 1. The van der Waals surface area contributed by atoms with E-state index in [-0.39, 0.29) is 22.9 Å². The van der Waals surface area contributed by atoms with Crippen LogP contribution in [-0.4, -0.2) is 19.7 Å². The summed E-state index contributed by atoms with van der Waals surface area (Å²) in [4.78, 5) is 46.6. The molecule has 0 spiro atoms. The lowest BCUT2D eigenvalue weighted by atomic mass is 9.92. The average Bonchev–Trinajstić information content (AvgIpc) is 3.26. The third-order valence-electron chi connectivity index (χ3n) is 6.02. The highest BCUT2D eigenvalue weighted by Gasteiger charge is 2.30. The topological polar surface area (TPSA) is 101 Å². The number of hydrogen-bond acceptors (Lipinski definition) is 4. The highest BCUT2D eigenvalue weighted by Crippen LogP contribution is 2.37. The van der Waals surface area contributed by atoms with Crippen LogP contribution in [-0.2, 0) is 0 Å². The molecular weight excluding hydrogens is 404 g/mol. The third kappa shape index (κ3) is 2.97. The molecule has 4 aromatic rings. The minimum Gasteiger partial charge on any atom is -0.350 e. The van der Waals surface area contributed by atoms with Crippen molar-refractivity contribution in [2.75, 3.05) is 0 Å². The van der Waals surface area contributed by atoms with Gasteiger partial charge in [0.15, 0.2) is 0 Å². The molecule has 1 fully saturated rings. The highest BCUT2D eigenvalue weighted by molar-refractivity contribution is 6.31. The molecule has 1 unspecified atom stereocenters. The summed E-state index contributed by atoms with van der Waals surface area (Å²) in [7, 11) is 0. The zero-order chi connectivity index (χ0) is 20.8. The van der Waals surface area contributed by atoms with Crippen molar-refractivity contribution in [2.45, 2.75) is 31.7 Å². The lowest BCUT2D eigenvalue weighted by Crippen LogP contribution is -2.38. The van der Waals surface area contributed by atoms with Gasteiger partial charge in [-0.05, 0) is 54.7 Å². The number of pyridine rings is 2. The van der Waals surface area contributed by atoms with E-state index in [1.54, 1.807) is 30.6 Å².